The van der Waals surface area contributed by atoms with Crippen LogP contribution in [-0.4, -0.2) is 47.7 Å². The van der Waals surface area contributed by atoms with E-state index in [9.17, 15) is 22.8 Å². The molecule has 0 aromatic carbocycles. The molecule has 19 heavy (non-hydrogen) atoms. The third-order valence-electron chi connectivity index (χ3n) is 3.60. The van der Waals surface area contributed by atoms with E-state index in [1.165, 1.54) is 13.8 Å². The molecule has 3 N–H and O–H groups in total. The minimum Gasteiger partial charge on any atom is -0.481 e. The summed E-state index contributed by atoms with van der Waals surface area (Å²) in [6.45, 7) is 1.93. The van der Waals surface area contributed by atoms with Crippen LogP contribution in [-0.2, 0) is 9.59 Å². The molecule has 0 spiro atoms. The van der Waals surface area contributed by atoms with Crippen LogP contribution in [0.25, 0.3) is 0 Å². The van der Waals surface area contributed by atoms with E-state index >= 15 is 0 Å². The van der Waals surface area contributed by atoms with Crippen molar-refractivity contribution in [2.24, 2.45) is 16.6 Å². The Morgan fingerprint density at radius 1 is 1.37 bits per heavy atom. The number of carbonyl (C=O) groups is 2. The molecule has 5 nitrogen and oxygen atoms in total. The quantitative estimate of drug-likeness (QED) is 0.803. The van der Waals surface area contributed by atoms with E-state index in [-0.39, 0.29) is 13.1 Å². The number of halogens is 3. The Hall–Kier alpha value is -1.31. The number of hydrogen-bond acceptors (Lipinski definition) is 3. The Balaban J connectivity index is 2.99. The fraction of sp³-hybridized carbons (Fsp3) is 0.818. The number of amides is 1. The third kappa shape index (κ3) is 2.54. The molecule has 1 rings (SSSR count). The smallest absolute Gasteiger partial charge is 0.406 e. The number of aliphatic carboxylic acids is 1. The number of likely N-dealkylation sites (tertiary alicyclic amines) is 1. The van der Waals surface area contributed by atoms with E-state index in [2.05, 4.69) is 0 Å². The number of rotatable bonds is 3. The van der Waals surface area contributed by atoms with Crippen LogP contribution in [0.2, 0.25) is 0 Å². The second-order valence-electron chi connectivity index (χ2n) is 5.45. The van der Waals surface area contributed by atoms with Gasteiger partial charge in [-0.2, -0.15) is 13.2 Å². The third-order valence-corrected chi connectivity index (χ3v) is 3.60. The number of carbonyl (C=O) groups excluding carboxylic acids is 1. The maximum Gasteiger partial charge on any atom is 0.406 e. The van der Waals surface area contributed by atoms with Crippen molar-refractivity contribution in [3.63, 3.8) is 0 Å². The molecule has 1 amide bonds. The lowest BCUT2D eigenvalue weighted by atomic mass is 9.86. The monoisotopic (exact) mass is 282 g/mol. The standard InChI is InChI=1S/C11H17F3N2O3/c1-9(2,5-15)7(17)16-4-3-10(6-16,8(18)19)11(12,13)14/h3-6,15H2,1-2H3,(H,18,19). The van der Waals surface area contributed by atoms with Crippen LogP contribution in [0, 0.1) is 10.8 Å². The highest BCUT2D eigenvalue weighted by Gasteiger charge is 2.64. The van der Waals surface area contributed by atoms with Gasteiger partial charge in [-0.15, -0.1) is 0 Å². The van der Waals surface area contributed by atoms with Crippen molar-refractivity contribution in [1.82, 2.24) is 4.90 Å². The van der Waals surface area contributed by atoms with Gasteiger partial charge in [-0.25, -0.2) is 0 Å². The summed E-state index contributed by atoms with van der Waals surface area (Å²) in [5, 5.41) is 8.88. The van der Waals surface area contributed by atoms with Gasteiger partial charge >= 0.3 is 12.1 Å². The largest absolute Gasteiger partial charge is 0.481 e. The van der Waals surface area contributed by atoms with Gasteiger partial charge in [0.2, 0.25) is 5.91 Å². The van der Waals surface area contributed by atoms with Crippen LogP contribution in [0.5, 0.6) is 0 Å². The molecule has 0 bridgehead atoms. The summed E-state index contributed by atoms with van der Waals surface area (Å²) in [7, 11) is 0. The molecule has 0 radical (unpaired) electrons. The zero-order valence-electron chi connectivity index (χ0n) is 10.8. The van der Waals surface area contributed by atoms with Crippen molar-refractivity contribution in [2.75, 3.05) is 19.6 Å². The molecule has 1 aliphatic rings. The van der Waals surface area contributed by atoms with Gasteiger partial charge in [-0.1, -0.05) is 0 Å². The van der Waals surface area contributed by atoms with E-state index in [1.807, 2.05) is 0 Å². The average molecular weight is 282 g/mol. The van der Waals surface area contributed by atoms with Crippen LogP contribution in [0.4, 0.5) is 13.2 Å². The van der Waals surface area contributed by atoms with E-state index in [0.29, 0.717) is 0 Å². The SMILES string of the molecule is CC(C)(CN)C(=O)N1CCC(C(=O)O)(C(F)(F)F)C1. The molecule has 0 saturated carbocycles. The highest BCUT2D eigenvalue weighted by molar-refractivity contribution is 5.84. The lowest BCUT2D eigenvalue weighted by Gasteiger charge is -2.30. The van der Waals surface area contributed by atoms with Crippen molar-refractivity contribution in [3.8, 4) is 0 Å². The summed E-state index contributed by atoms with van der Waals surface area (Å²) in [5.74, 6) is -2.50. The number of nitrogens with zero attached hydrogens (tertiary/aromatic N) is 1. The van der Waals surface area contributed by atoms with Gasteiger partial charge in [0.1, 0.15) is 0 Å². The summed E-state index contributed by atoms with van der Waals surface area (Å²) in [6.07, 6.45) is -5.51. The maximum atomic E-state index is 12.9. The van der Waals surface area contributed by atoms with Crippen molar-refractivity contribution in [3.05, 3.63) is 0 Å². The van der Waals surface area contributed by atoms with Gasteiger partial charge in [-0.05, 0) is 20.3 Å². The summed E-state index contributed by atoms with van der Waals surface area (Å²) in [5.41, 5.74) is 1.53. The Morgan fingerprint density at radius 2 is 1.89 bits per heavy atom. The molecule has 1 unspecified atom stereocenters. The van der Waals surface area contributed by atoms with Crippen molar-refractivity contribution < 1.29 is 27.9 Å². The predicted molar refractivity (Wildman–Crippen MR) is 60.2 cm³/mol. The summed E-state index contributed by atoms with van der Waals surface area (Å²) >= 11 is 0. The molecule has 1 saturated heterocycles. The van der Waals surface area contributed by atoms with Gasteiger partial charge in [-0.3, -0.25) is 9.59 Å². The lowest BCUT2D eigenvalue weighted by Crippen LogP contribution is -2.50. The van der Waals surface area contributed by atoms with E-state index in [1.54, 1.807) is 0 Å². The van der Waals surface area contributed by atoms with Gasteiger partial charge in [0.25, 0.3) is 0 Å². The van der Waals surface area contributed by atoms with E-state index in [4.69, 9.17) is 10.8 Å². The molecule has 0 aromatic heterocycles. The topological polar surface area (TPSA) is 83.6 Å². The van der Waals surface area contributed by atoms with Crippen LogP contribution in [0.15, 0.2) is 0 Å². The first-order valence-electron chi connectivity index (χ1n) is 5.77. The zero-order valence-corrected chi connectivity index (χ0v) is 10.8. The van der Waals surface area contributed by atoms with Crippen molar-refractivity contribution >= 4 is 11.9 Å². The number of alkyl halides is 3. The molecule has 110 valence electrons. The Bertz CT molecular complexity index is 395. The predicted octanol–water partition coefficient (Wildman–Crippen LogP) is 0.837. The Labute approximate surface area is 108 Å². The first-order valence-corrected chi connectivity index (χ1v) is 5.77. The molecule has 0 aromatic rings. The highest BCUT2D eigenvalue weighted by Crippen LogP contribution is 2.46. The van der Waals surface area contributed by atoms with E-state index < -0.39 is 41.8 Å². The van der Waals surface area contributed by atoms with Crippen molar-refractivity contribution in [2.45, 2.75) is 26.4 Å². The van der Waals surface area contributed by atoms with Crippen LogP contribution in [0.3, 0.4) is 0 Å². The summed E-state index contributed by atoms with van der Waals surface area (Å²) in [6, 6.07) is 0. The summed E-state index contributed by atoms with van der Waals surface area (Å²) in [4.78, 5) is 23.9. The summed E-state index contributed by atoms with van der Waals surface area (Å²) < 4.78 is 38.8. The average Bonchev–Trinajstić information content (AvgIpc) is 2.73. The van der Waals surface area contributed by atoms with Gasteiger partial charge < -0.3 is 15.7 Å². The lowest BCUT2D eigenvalue weighted by molar-refractivity contribution is -0.227. The fourth-order valence-electron chi connectivity index (χ4n) is 2.03. The molecular formula is C11H17F3N2O3. The number of carboxylic acid groups (broad SMARTS) is 1. The normalized spacial score (nSPS) is 24.6. The molecule has 8 heteroatoms. The highest BCUT2D eigenvalue weighted by atomic mass is 19.4. The molecule has 1 aliphatic heterocycles. The first-order chi connectivity index (χ1) is 8.48. The Morgan fingerprint density at radius 3 is 2.21 bits per heavy atom. The van der Waals surface area contributed by atoms with E-state index in [0.717, 1.165) is 4.90 Å². The molecule has 0 aliphatic carbocycles. The number of carboxylic acids is 1. The molecule has 1 heterocycles. The first kappa shape index (κ1) is 15.7. The minimum atomic E-state index is -4.89. The van der Waals surface area contributed by atoms with Gasteiger partial charge in [0, 0.05) is 19.6 Å². The fourth-order valence-corrected chi connectivity index (χ4v) is 2.03. The number of nitrogens with two attached hydrogens (primary N) is 1. The van der Waals surface area contributed by atoms with Crippen LogP contribution < -0.4 is 5.73 Å². The molecule has 1 atom stereocenters. The second-order valence-corrected chi connectivity index (χ2v) is 5.45. The minimum absolute atomic E-state index is 0.0194. The van der Waals surface area contributed by atoms with Gasteiger partial charge in [0.05, 0.1) is 5.41 Å². The van der Waals surface area contributed by atoms with Crippen LogP contribution >= 0.6 is 0 Å². The maximum absolute atomic E-state index is 12.9. The zero-order chi connectivity index (χ0) is 15.1. The molecular weight excluding hydrogens is 265 g/mol. The Kier molecular flexibility index (Phi) is 3.86. The second kappa shape index (κ2) is 4.66. The van der Waals surface area contributed by atoms with Crippen molar-refractivity contribution in [1.29, 1.82) is 0 Å². The number of hydrogen-bond donors (Lipinski definition) is 2. The van der Waals surface area contributed by atoms with Gasteiger partial charge in [0.15, 0.2) is 5.41 Å². The van der Waals surface area contributed by atoms with Crippen LogP contribution in [0.1, 0.15) is 20.3 Å². The molecule has 1 fully saturated rings.